The van der Waals surface area contributed by atoms with Crippen molar-refractivity contribution in [2.75, 3.05) is 18.5 Å². The molecule has 0 atom stereocenters. The molecule has 0 amide bonds. The van der Waals surface area contributed by atoms with Gasteiger partial charge in [0.05, 0.1) is 11.2 Å². The number of fused-ring (bicyclic) bond motifs is 3. The molecule has 0 saturated carbocycles. The molecule has 4 rings (SSSR count). The number of halogens is 1. The molecule has 0 aromatic carbocycles. The molecule has 0 radical (unpaired) electrons. The lowest BCUT2D eigenvalue weighted by Crippen LogP contribution is -2.32. The van der Waals surface area contributed by atoms with Crippen LogP contribution in [0.3, 0.4) is 0 Å². The first-order valence-electron chi connectivity index (χ1n) is 7.06. The van der Waals surface area contributed by atoms with Crippen LogP contribution in [0.1, 0.15) is 6.42 Å². The van der Waals surface area contributed by atoms with Crippen molar-refractivity contribution in [3.8, 4) is 11.3 Å². The van der Waals surface area contributed by atoms with E-state index >= 15 is 0 Å². The fourth-order valence-electron chi connectivity index (χ4n) is 2.84. The van der Waals surface area contributed by atoms with Crippen LogP contribution in [-0.2, 0) is 0 Å². The molecule has 2 N–H and O–H groups in total. The minimum atomic E-state index is 0.388. The van der Waals surface area contributed by atoms with E-state index in [9.17, 15) is 0 Å². The molecular formula is C15H13ClN6S. The fraction of sp³-hybridized carbons (Fsp3) is 0.200. The lowest BCUT2D eigenvalue weighted by Gasteiger charge is -2.04. The smallest absolute Gasteiger partial charge is 0.206 e. The summed E-state index contributed by atoms with van der Waals surface area (Å²) < 4.78 is 1.84. The maximum Gasteiger partial charge on any atom is 0.206 e. The largest absolute Gasteiger partial charge is 0.369 e. The van der Waals surface area contributed by atoms with Crippen molar-refractivity contribution in [2.45, 2.75) is 11.6 Å². The van der Waals surface area contributed by atoms with Crippen LogP contribution >= 0.6 is 23.4 Å². The highest BCUT2D eigenvalue weighted by Gasteiger charge is 2.19. The van der Waals surface area contributed by atoms with Gasteiger partial charge in [-0.2, -0.15) is 0 Å². The first-order chi connectivity index (χ1) is 11.2. The zero-order chi connectivity index (χ0) is 16.0. The molecule has 8 heteroatoms. The zero-order valence-corrected chi connectivity index (χ0v) is 13.9. The SMILES string of the molecule is CSc1nccc(-c2c3c(n4c(N)nccc24)=NCCC=3Cl)n1. The predicted octanol–water partition coefficient (Wildman–Crippen LogP) is 1.47. The molecule has 4 heterocycles. The third kappa shape index (κ3) is 2.19. The number of rotatable bonds is 2. The summed E-state index contributed by atoms with van der Waals surface area (Å²) in [5.41, 5.74) is 9.47. The maximum absolute atomic E-state index is 6.53. The third-order valence-electron chi connectivity index (χ3n) is 3.79. The van der Waals surface area contributed by atoms with Gasteiger partial charge in [-0.15, -0.1) is 0 Å². The number of hydrogen-bond acceptors (Lipinski definition) is 6. The Bertz CT molecular complexity index is 1040. The van der Waals surface area contributed by atoms with Gasteiger partial charge >= 0.3 is 0 Å². The Labute approximate surface area is 141 Å². The summed E-state index contributed by atoms with van der Waals surface area (Å²) in [4.78, 5) is 17.6. The lowest BCUT2D eigenvalue weighted by molar-refractivity contribution is 0.897. The normalized spacial score (nSPS) is 13.9. The third-order valence-corrected chi connectivity index (χ3v) is 4.73. The Morgan fingerprint density at radius 3 is 2.91 bits per heavy atom. The summed E-state index contributed by atoms with van der Waals surface area (Å²) >= 11 is 8.03. The molecule has 1 aliphatic rings. The van der Waals surface area contributed by atoms with Gasteiger partial charge in [0, 0.05) is 41.2 Å². The first kappa shape index (κ1) is 14.5. The van der Waals surface area contributed by atoms with Gasteiger partial charge in [0.2, 0.25) is 5.95 Å². The molecule has 0 fully saturated rings. The summed E-state index contributed by atoms with van der Waals surface area (Å²) in [6, 6.07) is 3.79. The minimum Gasteiger partial charge on any atom is -0.369 e. The van der Waals surface area contributed by atoms with E-state index in [4.69, 9.17) is 17.3 Å². The van der Waals surface area contributed by atoms with E-state index in [-0.39, 0.29) is 0 Å². The Hall–Kier alpha value is -2.12. The summed E-state index contributed by atoms with van der Waals surface area (Å²) in [5.74, 6) is 0.388. The lowest BCUT2D eigenvalue weighted by atomic mass is 10.1. The highest BCUT2D eigenvalue weighted by atomic mass is 35.5. The molecule has 6 nitrogen and oxygen atoms in total. The molecule has 23 heavy (non-hydrogen) atoms. The molecule has 3 aromatic heterocycles. The van der Waals surface area contributed by atoms with Crippen LogP contribution in [0.2, 0.25) is 0 Å². The predicted molar refractivity (Wildman–Crippen MR) is 91.9 cm³/mol. The molecule has 1 aliphatic heterocycles. The monoisotopic (exact) mass is 344 g/mol. The number of nitrogens with two attached hydrogens (primary N) is 1. The fourth-order valence-corrected chi connectivity index (χ4v) is 3.46. The molecular weight excluding hydrogens is 332 g/mol. The van der Waals surface area contributed by atoms with E-state index in [1.54, 1.807) is 12.4 Å². The van der Waals surface area contributed by atoms with Gasteiger partial charge in [-0.05, 0) is 18.4 Å². The van der Waals surface area contributed by atoms with Gasteiger partial charge in [-0.1, -0.05) is 23.4 Å². The molecule has 0 spiro atoms. The van der Waals surface area contributed by atoms with Crippen molar-refractivity contribution in [2.24, 2.45) is 4.99 Å². The summed E-state index contributed by atoms with van der Waals surface area (Å²) in [7, 11) is 0. The molecule has 0 bridgehead atoms. The van der Waals surface area contributed by atoms with Crippen LogP contribution in [0.4, 0.5) is 5.95 Å². The van der Waals surface area contributed by atoms with Gasteiger partial charge in [-0.3, -0.25) is 9.39 Å². The van der Waals surface area contributed by atoms with Crippen molar-refractivity contribution in [1.29, 1.82) is 0 Å². The second-order valence-electron chi connectivity index (χ2n) is 5.06. The van der Waals surface area contributed by atoms with Crippen LogP contribution in [0.25, 0.3) is 21.8 Å². The number of nitrogen functional groups attached to an aromatic ring is 1. The average molecular weight is 345 g/mol. The van der Waals surface area contributed by atoms with E-state index in [0.717, 1.165) is 32.5 Å². The van der Waals surface area contributed by atoms with Crippen molar-refractivity contribution < 1.29 is 0 Å². The van der Waals surface area contributed by atoms with Crippen LogP contribution < -0.4 is 16.4 Å². The van der Waals surface area contributed by atoms with E-state index < -0.39 is 0 Å². The van der Waals surface area contributed by atoms with Crippen LogP contribution in [0, 0.1) is 0 Å². The zero-order valence-electron chi connectivity index (χ0n) is 12.3. The Kier molecular flexibility index (Phi) is 3.46. The van der Waals surface area contributed by atoms with Gasteiger partial charge in [0.25, 0.3) is 0 Å². The minimum absolute atomic E-state index is 0.388. The number of anilines is 1. The number of thioether (sulfide) groups is 1. The van der Waals surface area contributed by atoms with Gasteiger partial charge in [0.1, 0.15) is 5.49 Å². The van der Waals surface area contributed by atoms with E-state index in [1.807, 2.05) is 22.8 Å². The Balaban J connectivity index is 2.22. The van der Waals surface area contributed by atoms with Crippen molar-refractivity contribution >= 4 is 39.9 Å². The van der Waals surface area contributed by atoms with Crippen LogP contribution in [0.5, 0.6) is 0 Å². The van der Waals surface area contributed by atoms with E-state index in [0.29, 0.717) is 24.1 Å². The second-order valence-corrected chi connectivity index (χ2v) is 6.29. The Morgan fingerprint density at radius 2 is 2.09 bits per heavy atom. The maximum atomic E-state index is 6.53. The average Bonchev–Trinajstić information content (AvgIpc) is 2.92. The number of nitrogens with zero attached hydrogens (tertiary/aromatic N) is 5. The van der Waals surface area contributed by atoms with Gasteiger partial charge < -0.3 is 5.73 Å². The second kappa shape index (κ2) is 5.50. The number of aromatic nitrogens is 4. The quantitative estimate of drug-likeness (QED) is 0.562. The number of hydrogen-bond donors (Lipinski definition) is 1. The molecule has 3 aromatic rings. The molecule has 0 unspecified atom stereocenters. The van der Waals surface area contributed by atoms with Crippen LogP contribution in [0.15, 0.2) is 34.7 Å². The van der Waals surface area contributed by atoms with Crippen molar-refractivity contribution in [1.82, 2.24) is 19.4 Å². The van der Waals surface area contributed by atoms with E-state index in [1.165, 1.54) is 11.8 Å². The van der Waals surface area contributed by atoms with Gasteiger partial charge in [-0.25, -0.2) is 15.0 Å². The summed E-state index contributed by atoms with van der Waals surface area (Å²) in [6.45, 7) is 0.644. The highest BCUT2D eigenvalue weighted by Crippen LogP contribution is 2.24. The first-order valence-corrected chi connectivity index (χ1v) is 8.66. The highest BCUT2D eigenvalue weighted by molar-refractivity contribution is 7.98. The standard InChI is InChI=1S/C15H13ClN6S/c1-23-15-20-6-3-9(21-15)12-10-4-7-19-14(17)22(10)13-11(12)8(16)2-5-18-13/h3-4,6-7H,2,5H2,1H3,(H2,17,19). The topological polar surface area (TPSA) is 81.5 Å². The van der Waals surface area contributed by atoms with Crippen LogP contribution in [-0.4, -0.2) is 32.2 Å². The molecule has 116 valence electrons. The van der Waals surface area contributed by atoms with Gasteiger partial charge in [0.15, 0.2) is 5.16 Å². The summed E-state index contributed by atoms with van der Waals surface area (Å²) in [5, 5.41) is 2.38. The Morgan fingerprint density at radius 1 is 1.26 bits per heavy atom. The van der Waals surface area contributed by atoms with Crippen molar-refractivity contribution in [3.63, 3.8) is 0 Å². The van der Waals surface area contributed by atoms with Crippen molar-refractivity contribution in [3.05, 3.63) is 35.2 Å². The molecule has 0 saturated heterocycles. The summed E-state index contributed by atoms with van der Waals surface area (Å²) in [6.07, 6.45) is 6.10. The van der Waals surface area contributed by atoms with E-state index in [2.05, 4.69) is 19.9 Å². The molecule has 0 aliphatic carbocycles.